The molecular weight excluding hydrogens is 250 g/mol. The van der Waals surface area contributed by atoms with Gasteiger partial charge in [0.2, 0.25) is 5.92 Å². The van der Waals surface area contributed by atoms with E-state index in [4.69, 9.17) is 4.74 Å². The molecule has 2 rings (SSSR count). The summed E-state index contributed by atoms with van der Waals surface area (Å²) in [5.41, 5.74) is 0.870. The molecule has 4 heteroatoms. The molecule has 0 heterocycles. The van der Waals surface area contributed by atoms with Crippen molar-refractivity contribution < 1.29 is 18.3 Å². The summed E-state index contributed by atoms with van der Waals surface area (Å²) >= 11 is 0. The summed E-state index contributed by atoms with van der Waals surface area (Å²) < 4.78 is 31.2. The van der Waals surface area contributed by atoms with E-state index in [-0.39, 0.29) is 31.0 Å². The molecule has 0 spiro atoms. The van der Waals surface area contributed by atoms with Crippen molar-refractivity contribution in [2.45, 2.75) is 38.0 Å². The first-order valence-electron chi connectivity index (χ1n) is 6.51. The van der Waals surface area contributed by atoms with Gasteiger partial charge in [0.25, 0.3) is 0 Å². The molecular formula is C15H18F2O2. The normalized spacial score (nSPS) is 21.3. The lowest BCUT2D eigenvalue weighted by atomic mass is 9.97. The maximum atomic E-state index is 13.0. The monoisotopic (exact) mass is 268 g/mol. The number of benzene rings is 1. The summed E-state index contributed by atoms with van der Waals surface area (Å²) in [6.07, 6.45) is 0.782. The summed E-state index contributed by atoms with van der Waals surface area (Å²) in [6.45, 7) is 0. The minimum Gasteiger partial charge on any atom is -0.497 e. The number of Topliss-reactive ketones (excluding diaryl/α,β-unsaturated/α-hetero) is 1. The van der Waals surface area contributed by atoms with Crippen molar-refractivity contribution in [2.24, 2.45) is 5.92 Å². The van der Waals surface area contributed by atoms with Gasteiger partial charge in [-0.3, -0.25) is 4.79 Å². The van der Waals surface area contributed by atoms with Crippen molar-refractivity contribution in [2.75, 3.05) is 7.11 Å². The highest BCUT2D eigenvalue weighted by molar-refractivity contribution is 5.81. The number of hydrogen-bond donors (Lipinski definition) is 0. The standard InChI is InChI=1S/C15H18F2O2/c1-19-14-4-2-3-11(9-14)7-13(18)8-12-5-6-15(16,17)10-12/h2-4,9,12H,5-8,10H2,1H3. The fraction of sp³-hybridized carbons (Fsp3) is 0.533. The highest BCUT2D eigenvalue weighted by Crippen LogP contribution is 2.40. The first kappa shape index (κ1) is 14.0. The number of rotatable bonds is 5. The molecule has 1 saturated carbocycles. The van der Waals surface area contributed by atoms with Crippen LogP contribution in [0.2, 0.25) is 0 Å². The third kappa shape index (κ3) is 4.01. The van der Waals surface area contributed by atoms with E-state index in [2.05, 4.69) is 0 Å². The fourth-order valence-electron chi connectivity index (χ4n) is 2.62. The topological polar surface area (TPSA) is 26.3 Å². The molecule has 19 heavy (non-hydrogen) atoms. The SMILES string of the molecule is COc1cccc(CC(=O)CC2CCC(F)(F)C2)c1. The van der Waals surface area contributed by atoms with Crippen molar-refractivity contribution in [3.8, 4) is 5.75 Å². The van der Waals surface area contributed by atoms with Crippen LogP contribution >= 0.6 is 0 Å². The highest BCUT2D eigenvalue weighted by Gasteiger charge is 2.39. The van der Waals surface area contributed by atoms with Crippen LogP contribution in [0.3, 0.4) is 0 Å². The highest BCUT2D eigenvalue weighted by atomic mass is 19.3. The second kappa shape index (κ2) is 5.68. The van der Waals surface area contributed by atoms with Gasteiger partial charge in [-0.1, -0.05) is 12.1 Å². The number of carbonyl (C=O) groups excluding carboxylic acids is 1. The van der Waals surface area contributed by atoms with Crippen molar-refractivity contribution in [1.29, 1.82) is 0 Å². The van der Waals surface area contributed by atoms with E-state index in [0.29, 0.717) is 18.6 Å². The fourth-order valence-corrected chi connectivity index (χ4v) is 2.62. The lowest BCUT2D eigenvalue weighted by Crippen LogP contribution is -2.12. The minimum absolute atomic E-state index is 0.0240. The zero-order valence-corrected chi connectivity index (χ0v) is 11.0. The molecule has 1 unspecified atom stereocenters. The number of carbonyl (C=O) groups is 1. The molecule has 0 amide bonds. The Kier molecular flexibility index (Phi) is 4.17. The van der Waals surface area contributed by atoms with Crippen LogP contribution in [0.1, 0.15) is 31.2 Å². The molecule has 0 aromatic heterocycles. The zero-order chi connectivity index (χ0) is 13.9. The number of ether oxygens (including phenoxy) is 1. The van der Waals surface area contributed by atoms with E-state index in [1.54, 1.807) is 13.2 Å². The molecule has 0 saturated heterocycles. The van der Waals surface area contributed by atoms with Gasteiger partial charge in [0.05, 0.1) is 7.11 Å². The van der Waals surface area contributed by atoms with Crippen LogP contribution in [-0.2, 0) is 11.2 Å². The van der Waals surface area contributed by atoms with E-state index in [1.165, 1.54) is 0 Å². The van der Waals surface area contributed by atoms with Gasteiger partial charge in [-0.25, -0.2) is 8.78 Å². The van der Waals surface area contributed by atoms with E-state index in [1.807, 2.05) is 18.2 Å². The quantitative estimate of drug-likeness (QED) is 0.815. The number of halogens is 2. The largest absolute Gasteiger partial charge is 0.497 e. The summed E-state index contributed by atoms with van der Waals surface area (Å²) in [7, 11) is 1.57. The smallest absolute Gasteiger partial charge is 0.248 e. The Bertz CT molecular complexity index is 457. The van der Waals surface area contributed by atoms with Crippen LogP contribution in [0, 0.1) is 5.92 Å². The summed E-state index contributed by atoms with van der Waals surface area (Å²) in [5, 5.41) is 0. The molecule has 1 aromatic carbocycles. The van der Waals surface area contributed by atoms with Crippen molar-refractivity contribution in [3.05, 3.63) is 29.8 Å². The molecule has 0 bridgehead atoms. The molecule has 104 valence electrons. The molecule has 1 aromatic rings. The maximum Gasteiger partial charge on any atom is 0.248 e. The van der Waals surface area contributed by atoms with E-state index < -0.39 is 5.92 Å². The lowest BCUT2D eigenvalue weighted by Gasteiger charge is -2.10. The second-order valence-electron chi connectivity index (χ2n) is 5.24. The predicted molar refractivity (Wildman–Crippen MR) is 68.6 cm³/mol. The van der Waals surface area contributed by atoms with Gasteiger partial charge in [-0.2, -0.15) is 0 Å². The number of ketones is 1. The second-order valence-corrected chi connectivity index (χ2v) is 5.24. The Balaban J connectivity index is 1.87. The minimum atomic E-state index is -2.57. The van der Waals surface area contributed by atoms with Crippen LogP contribution in [-0.4, -0.2) is 18.8 Å². The number of alkyl halides is 2. The van der Waals surface area contributed by atoms with Crippen molar-refractivity contribution >= 4 is 5.78 Å². The molecule has 2 nitrogen and oxygen atoms in total. The summed E-state index contributed by atoms with van der Waals surface area (Å²) in [4.78, 5) is 11.9. The van der Waals surface area contributed by atoms with Gasteiger partial charge >= 0.3 is 0 Å². The maximum absolute atomic E-state index is 13.0. The average Bonchev–Trinajstić information content (AvgIpc) is 2.68. The summed E-state index contributed by atoms with van der Waals surface area (Å²) in [5.74, 6) is -2.00. The Morgan fingerprint density at radius 2 is 2.26 bits per heavy atom. The van der Waals surface area contributed by atoms with Crippen LogP contribution in [0.25, 0.3) is 0 Å². The zero-order valence-electron chi connectivity index (χ0n) is 11.0. The third-order valence-electron chi connectivity index (χ3n) is 3.56. The predicted octanol–water partition coefficient (Wildman–Crippen LogP) is 3.63. The summed E-state index contributed by atoms with van der Waals surface area (Å²) in [6, 6.07) is 7.29. The Labute approximate surface area is 111 Å². The Morgan fingerprint density at radius 3 is 2.89 bits per heavy atom. The van der Waals surface area contributed by atoms with Crippen LogP contribution < -0.4 is 4.74 Å². The van der Waals surface area contributed by atoms with E-state index in [0.717, 1.165) is 5.56 Å². The molecule has 0 aliphatic heterocycles. The number of methoxy groups -OCH3 is 1. The van der Waals surface area contributed by atoms with Crippen molar-refractivity contribution in [3.63, 3.8) is 0 Å². The lowest BCUT2D eigenvalue weighted by molar-refractivity contribution is -0.119. The van der Waals surface area contributed by atoms with Gasteiger partial charge in [0, 0.05) is 25.7 Å². The van der Waals surface area contributed by atoms with Gasteiger partial charge < -0.3 is 4.74 Å². The molecule has 0 radical (unpaired) electrons. The van der Waals surface area contributed by atoms with Crippen LogP contribution in [0.5, 0.6) is 5.75 Å². The molecule has 1 fully saturated rings. The first-order valence-corrected chi connectivity index (χ1v) is 6.51. The van der Waals surface area contributed by atoms with Crippen LogP contribution in [0.4, 0.5) is 8.78 Å². The number of hydrogen-bond acceptors (Lipinski definition) is 2. The average molecular weight is 268 g/mol. The third-order valence-corrected chi connectivity index (χ3v) is 3.56. The molecule has 0 N–H and O–H groups in total. The van der Waals surface area contributed by atoms with Gasteiger partial charge in [0.15, 0.2) is 0 Å². The first-order chi connectivity index (χ1) is 8.98. The Morgan fingerprint density at radius 1 is 1.47 bits per heavy atom. The Hall–Kier alpha value is -1.45. The molecule has 1 aliphatic carbocycles. The van der Waals surface area contributed by atoms with Crippen molar-refractivity contribution in [1.82, 2.24) is 0 Å². The van der Waals surface area contributed by atoms with Crippen LogP contribution in [0.15, 0.2) is 24.3 Å². The van der Waals surface area contributed by atoms with E-state index in [9.17, 15) is 13.6 Å². The van der Waals surface area contributed by atoms with Gasteiger partial charge in [0.1, 0.15) is 11.5 Å². The van der Waals surface area contributed by atoms with E-state index >= 15 is 0 Å². The van der Waals surface area contributed by atoms with Gasteiger partial charge in [-0.15, -0.1) is 0 Å². The molecule has 1 aliphatic rings. The van der Waals surface area contributed by atoms with Gasteiger partial charge in [-0.05, 0) is 30.0 Å². The molecule has 1 atom stereocenters.